The molecule has 3 heterocycles. The van der Waals surface area contributed by atoms with Crippen LogP contribution in [0.2, 0.25) is 0 Å². The van der Waals surface area contributed by atoms with E-state index in [-0.39, 0.29) is 5.91 Å². The lowest BCUT2D eigenvalue weighted by atomic mass is 9.96. The first-order valence-corrected chi connectivity index (χ1v) is 7.43. The van der Waals surface area contributed by atoms with Crippen LogP contribution >= 0.6 is 0 Å². The van der Waals surface area contributed by atoms with Crippen LogP contribution in [-0.2, 0) is 0 Å². The summed E-state index contributed by atoms with van der Waals surface area (Å²) in [7, 11) is 0. The molecule has 21 heavy (non-hydrogen) atoms. The van der Waals surface area contributed by atoms with E-state index >= 15 is 0 Å². The van der Waals surface area contributed by atoms with Gasteiger partial charge in [-0.25, -0.2) is 0 Å². The molecule has 2 fully saturated rings. The van der Waals surface area contributed by atoms with Crippen molar-refractivity contribution in [1.82, 2.24) is 25.2 Å². The predicted octanol–water partition coefficient (Wildman–Crippen LogP) is 1.69. The highest BCUT2D eigenvalue weighted by Crippen LogP contribution is 2.39. The number of hydrogen-bond donors (Lipinski definition) is 1. The second kappa shape index (κ2) is 4.98. The van der Waals surface area contributed by atoms with Crippen LogP contribution in [-0.4, -0.2) is 44.2 Å². The summed E-state index contributed by atoms with van der Waals surface area (Å²) >= 11 is 0. The molecule has 1 saturated heterocycles. The number of H-pyrrole nitrogens is 1. The van der Waals surface area contributed by atoms with Crippen LogP contribution < -0.4 is 0 Å². The summed E-state index contributed by atoms with van der Waals surface area (Å²) in [5.74, 6) is 2.44. The van der Waals surface area contributed by atoms with Crippen molar-refractivity contribution >= 4 is 5.91 Å². The van der Waals surface area contributed by atoms with Crippen LogP contribution in [0.3, 0.4) is 0 Å². The molecule has 2 aromatic heterocycles. The highest BCUT2D eigenvalue weighted by molar-refractivity contribution is 5.93. The van der Waals surface area contributed by atoms with Crippen molar-refractivity contribution in [2.24, 2.45) is 0 Å². The number of carbonyl (C=O) groups is 1. The van der Waals surface area contributed by atoms with Crippen molar-refractivity contribution in [3.8, 4) is 0 Å². The number of aromatic amines is 1. The highest BCUT2D eigenvalue weighted by atomic mass is 16.5. The third-order valence-corrected chi connectivity index (χ3v) is 4.28. The van der Waals surface area contributed by atoms with Gasteiger partial charge in [-0.15, -0.1) is 0 Å². The van der Waals surface area contributed by atoms with Gasteiger partial charge in [0.2, 0.25) is 5.89 Å². The number of likely N-dealkylation sites (tertiary alicyclic amines) is 1. The van der Waals surface area contributed by atoms with Gasteiger partial charge in [-0.3, -0.25) is 9.89 Å². The van der Waals surface area contributed by atoms with Gasteiger partial charge in [-0.1, -0.05) is 5.16 Å². The highest BCUT2D eigenvalue weighted by Gasteiger charge is 2.32. The molecule has 1 N–H and O–H groups in total. The van der Waals surface area contributed by atoms with E-state index in [0.29, 0.717) is 17.4 Å². The van der Waals surface area contributed by atoms with E-state index in [0.717, 1.165) is 37.6 Å². The van der Waals surface area contributed by atoms with Gasteiger partial charge in [0.25, 0.3) is 5.91 Å². The first kappa shape index (κ1) is 12.6. The zero-order valence-electron chi connectivity index (χ0n) is 11.7. The summed E-state index contributed by atoms with van der Waals surface area (Å²) in [6, 6.07) is 0. The average molecular weight is 287 g/mol. The summed E-state index contributed by atoms with van der Waals surface area (Å²) in [5.41, 5.74) is 0.615. The largest absolute Gasteiger partial charge is 0.339 e. The number of aromatic nitrogens is 4. The second-order valence-corrected chi connectivity index (χ2v) is 5.82. The van der Waals surface area contributed by atoms with Gasteiger partial charge in [-0.2, -0.15) is 10.1 Å². The average Bonchev–Trinajstić information content (AvgIpc) is 3.05. The molecule has 4 rings (SSSR count). The normalized spacial score (nSPS) is 19.9. The number of carbonyl (C=O) groups excluding carboxylic acids is 1. The molecule has 1 saturated carbocycles. The minimum atomic E-state index is 0.0361. The van der Waals surface area contributed by atoms with Crippen LogP contribution in [0, 0.1) is 0 Å². The van der Waals surface area contributed by atoms with Gasteiger partial charge in [0.1, 0.15) is 0 Å². The molecule has 2 aliphatic rings. The maximum atomic E-state index is 12.2. The molecule has 2 aromatic rings. The summed E-state index contributed by atoms with van der Waals surface area (Å²) in [6.07, 6.45) is 7.30. The number of amides is 1. The molecule has 1 amide bonds. The Morgan fingerprint density at radius 2 is 2.05 bits per heavy atom. The van der Waals surface area contributed by atoms with E-state index in [2.05, 4.69) is 20.3 Å². The molecule has 0 atom stereocenters. The Labute approximate surface area is 121 Å². The molecular weight excluding hydrogens is 270 g/mol. The lowest BCUT2D eigenvalue weighted by Crippen LogP contribution is -2.38. The number of rotatable bonds is 3. The van der Waals surface area contributed by atoms with E-state index < -0.39 is 0 Å². The smallest absolute Gasteiger partial charge is 0.257 e. The van der Waals surface area contributed by atoms with Crippen molar-refractivity contribution in [3.63, 3.8) is 0 Å². The zero-order valence-corrected chi connectivity index (χ0v) is 11.7. The predicted molar refractivity (Wildman–Crippen MR) is 72.7 cm³/mol. The SMILES string of the molecule is O=C(c1cn[nH]c1)N1CCC(c2noc(C3CC3)n2)CC1. The Kier molecular flexibility index (Phi) is 2.98. The first-order valence-electron chi connectivity index (χ1n) is 7.43. The van der Waals surface area contributed by atoms with Crippen LogP contribution in [0.5, 0.6) is 0 Å². The Bertz CT molecular complexity index is 624. The van der Waals surface area contributed by atoms with Gasteiger partial charge in [0.05, 0.1) is 11.8 Å². The Morgan fingerprint density at radius 3 is 2.71 bits per heavy atom. The van der Waals surface area contributed by atoms with Gasteiger partial charge in [0, 0.05) is 31.1 Å². The van der Waals surface area contributed by atoms with Gasteiger partial charge < -0.3 is 9.42 Å². The molecule has 7 heteroatoms. The second-order valence-electron chi connectivity index (χ2n) is 5.82. The van der Waals surface area contributed by atoms with Crippen molar-refractivity contribution < 1.29 is 9.32 Å². The Balaban J connectivity index is 1.38. The summed E-state index contributed by atoms with van der Waals surface area (Å²) in [6.45, 7) is 1.45. The first-order chi connectivity index (χ1) is 10.3. The Morgan fingerprint density at radius 1 is 1.24 bits per heavy atom. The van der Waals surface area contributed by atoms with Crippen LogP contribution in [0.15, 0.2) is 16.9 Å². The molecule has 0 spiro atoms. The topological polar surface area (TPSA) is 87.9 Å². The Hall–Kier alpha value is -2.18. The van der Waals surface area contributed by atoms with Crippen molar-refractivity contribution in [2.75, 3.05) is 13.1 Å². The van der Waals surface area contributed by atoms with Crippen molar-refractivity contribution in [2.45, 2.75) is 37.5 Å². The van der Waals surface area contributed by atoms with E-state index in [4.69, 9.17) is 4.52 Å². The number of piperidine rings is 1. The van der Waals surface area contributed by atoms with Crippen molar-refractivity contribution in [3.05, 3.63) is 29.7 Å². The standard InChI is InChI=1S/C14H17N5O2/c20-14(11-7-15-16-8-11)19-5-3-9(4-6-19)12-17-13(21-18-12)10-1-2-10/h7-10H,1-6H2,(H,15,16). The van der Waals surface area contributed by atoms with Crippen LogP contribution in [0.1, 0.15) is 59.6 Å². The number of nitrogens with zero attached hydrogens (tertiary/aromatic N) is 4. The molecule has 1 aliphatic carbocycles. The van der Waals surface area contributed by atoms with E-state index in [1.165, 1.54) is 12.8 Å². The molecule has 7 nitrogen and oxygen atoms in total. The summed E-state index contributed by atoms with van der Waals surface area (Å²) in [4.78, 5) is 18.6. The van der Waals surface area contributed by atoms with Crippen molar-refractivity contribution in [1.29, 1.82) is 0 Å². The fourth-order valence-electron chi connectivity index (χ4n) is 2.80. The molecule has 0 radical (unpaired) electrons. The molecule has 0 unspecified atom stereocenters. The van der Waals surface area contributed by atoms with Gasteiger partial charge >= 0.3 is 0 Å². The molecule has 110 valence electrons. The third-order valence-electron chi connectivity index (χ3n) is 4.28. The molecule has 0 aromatic carbocycles. The summed E-state index contributed by atoms with van der Waals surface area (Å²) < 4.78 is 5.32. The zero-order chi connectivity index (χ0) is 14.2. The monoisotopic (exact) mass is 287 g/mol. The van der Waals surface area contributed by atoms with Crippen LogP contribution in [0.4, 0.5) is 0 Å². The lowest BCUT2D eigenvalue weighted by molar-refractivity contribution is 0.0710. The minimum absolute atomic E-state index is 0.0361. The van der Waals surface area contributed by atoms with Gasteiger partial charge in [0.15, 0.2) is 5.82 Å². The van der Waals surface area contributed by atoms with E-state index in [9.17, 15) is 4.79 Å². The lowest BCUT2D eigenvalue weighted by Gasteiger charge is -2.30. The van der Waals surface area contributed by atoms with Crippen LogP contribution in [0.25, 0.3) is 0 Å². The minimum Gasteiger partial charge on any atom is -0.339 e. The molecule has 1 aliphatic heterocycles. The number of nitrogens with one attached hydrogen (secondary N) is 1. The fourth-order valence-corrected chi connectivity index (χ4v) is 2.80. The quantitative estimate of drug-likeness (QED) is 0.928. The molecular formula is C14H17N5O2. The van der Waals surface area contributed by atoms with E-state index in [1.54, 1.807) is 12.4 Å². The number of hydrogen-bond acceptors (Lipinski definition) is 5. The summed E-state index contributed by atoms with van der Waals surface area (Å²) in [5, 5.41) is 10.6. The third kappa shape index (κ3) is 2.43. The maximum absolute atomic E-state index is 12.2. The fraction of sp³-hybridized carbons (Fsp3) is 0.571. The van der Waals surface area contributed by atoms with Gasteiger partial charge in [-0.05, 0) is 25.7 Å². The molecule has 0 bridgehead atoms. The van der Waals surface area contributed by atoms with E-state index in [1.807, 2.05) is 4.90 Å². The maximum Gasteiger partial charge on any atom is 0.257 e.